The van der Waals surface area contributed by atoms with E-state index in [-0.39, 0.29) is 32.3 Å². The van der Waals surface area contributed by atoms with Gasteiger partial charge < -0.3 is 23.7 Å². The highest BCUT2D eigenvalue weighted by atomic mass is 32.1. The summed E-state index contributed by atoms with van der Waals surface area (Å²) in [5, 5.41) is 0.705. The van der Waals surface area contributed by atoms with E-state index in [4.69, 9.17) is 28.7 Å². The lowest BCUT2D eigenvalue weighted by Gasteiger charge is -2.22. The van der Waals surface area contributed by atoms with Gasteiger partial charge in [-0.3, -0.25) is 9.69 Å². The Morgan fingerprint density at radius 2 is 1.84 bits per heavy atom. The smallest absolute Gasteiger partial charge is 0.350 e. The van der Waals surface area contributed by atoms with Gasteiger partial charge in [-0.15, -0.1) is 11.3 Å². The molecule has 0 unspecified atom stereocenters. The summed E-state index contributed by atoms with van der Waals surface area (Å²) in [4.78, 5) is 32.6. The number of ether oxygens (including phenoxy) is 5. The molecule has 0 spiro atoms. The monoisotopic (exact) mass is 540 g/mol. The number of hydrogen-bond acceptors (Lipinski definition) is 10. The fourth-order valence-electron chi connectivity index (χ4n) is 4.25. The molecular formula is C28H32N2O7S. The third-order valence-corrected chi connectivity index (χ3v) is 7.14. The van der Waals surface area contributed by atoms with E-state index in [1.807, 2.05) is 29.2 Å². The Balaban J connectivity index is 1.67. The van der Waals surface area contributed by atoms with E-state index in [1.54, 1.807) is 34.1 Å². The molecule has 0 radical (unpaired) electrons. The third kappa shape index (κ3) is 6.43. The third-order valence-electron chi connectivity index (χ3n) is 6.01. The maximum Gasteiger partial charge on any atom is 0.350 e. The van der Waals surface area contributed by atoms with Gasteiger partial charge in [0.25, 0.3) is 0 Å². The minimum absolute atomic E-state index is 0.00827. The highest BCUT2D eigenvalue weighted by Gasteiger charge is 2.25. The molecule has 2 aromatic carbocycles. The van der Waals surface area contributed by atoms with Crippen molar-refractivity contribution in [3.8, 4) is 27.8 Å². The number of hydrogen-bond donors (Lipinski definition) is 0. The van der Waals surface area contributed by atoms with Gasteiger partial charge in [-0.05, 0) is 43.7 Å². The average molecular weight is 541 g/mol. The van der Waals surface area contributed by atoms with Crippen LogP contribution in [0.2, 0.25) is 0 Å². The molecule has 0 bridgehead atoms. The van der Waals surface area contributed by atoms with E-state index in [9.17, 15) is 9.59 Å². The van der Waals surface area contributed by atoms with E-state index in [2.05, 4.69) is 6.07 Å². The molecule has 0 fully saturated rings. The van der Waals surface area contributed by atoms with E-state index in [0.717, 1.165) is 28.9 Å². The lowest BCUT2D eigenvalue weighted by atomic mass is 10.1. The molecule has 202 valence electrons. The fraction of sp³-hybridized carbons (Fsp3) is 0.393. The van der Waals surface area contributed by atoms with Crippen LogP contribution in [0.3, 0.4) is 0 Å². The molecule has 0 amide bonds. The second-order valence-corrected chi connectivity index (χ2v) is 9.56. The van der Waals surface area contributed by atoms with Gasteiger partial charge in [0.15, 0.2) is 0 Å². The molecule has 0 N–H and O–H groups in total. The van der Waals surface area contributed by atoms with E-state index < -0.39 is 5.97 Å². The second kappa shape index (κ2) is 12.7. The summed E-state index contributed by atoms with van der Waals surface area (Å²) >= 11 is 1.29. The van der Waals surface area contributed by atoms with E-state index in [1.165, 1.54) is 11.3 Å². The number of carbonyl (C=O) groups excluding carboxylic acids is 2. The first-order valence-corrected chi connectivity index (χ1v) is 13.3. The van der Waals surface area contributed by atoms with E-state index >= 15 is 0 Å². The molecule has 38 heavy (non-hydrogen) atoms. The fourth-order valence-corrected chi connectivity index (χ4v) is 5.21. The van der Waals surface area contributed by atoms with Crippen molar-refractivity contribution in [2.24, 2.45) is 0 Å². The first-order valence-electron chi connectivity index (χ1n) is 12.5. The standard InChI is InChI=1S/C28H32N2O7S/c1-5-35-25(31)17-30(15-20-7-9-21(33-3)14-24(20)34-4)16-22-26(28(32)36-6-2)38-27(29-22)19-8-10-23-18(13-19)11-12-37-23/h7-10,13-14H,5-6,11-12,15-17H2,1-4H3. The van der Waals surface area contributed by atoms with Crippen LogP contribution in [-0.4, -0.2) is 62.4 Å². The molecule has 2 heterocycles. The summed E-state index contributed by atoms with van der Waals surface area (Å²) in [6, 6.07) is 11.5. The van der Waals surface area contributed by atoms with Gasteiger partial charge in [0.1, 0.15) is 27.1 Å². The molecule has 10 heteroatoms. The van der Waals surface area contributed by atoms with Gasteiger partial charge in [0, 0.05) is 36.7 Å². The Morgan fingerprint density at radius 1 is 1.03 bits per heavy atom. The Hall–Kier alpha value is -3.63. The summed E-state index contributed by atoms with van der Waals surface area (Å²) in [7, 11) is 3.17. The predicted octanol–water partition coefficient (Wildman–Crippen LogP) is 4.50. The minimum atomic E-state index is -0.436. The molecular weight excluding hydrogens is 508 g/mol. The molecule has 4 rings (SSSR count). The number of benzene rings is 2. The van der Waals surface area contributed by atoms with Gasteiger partial charge in [-0.1, -0.05) is 6.07 Å². The van der Waals surface area contributed by atoms with Gasteiger partial charge in [0.2, 0.25) is 0 Å². The molecule has 3 aromatic rings. The molecule has 1 aromatic heterocycles. The van der Waals surface area contributed by atoms with Crippen LogP contribution in [0.15, 0.2) is 36.4 Å². The molecule has 1 aliphatic rings. The van der Waals surface area contributed by atoms with Gasteiger partial charge >= 0.3 is 11.9 Å². The van der Waals surface area contributed by atoms with Crippen LogP contribution in [-0.2, 0) is 33.8 Å². The minimum Gasteiger partial charge on any atom is -0.497 e. The van der Waals surface area contributed by atoms with Crippen LogP contribution in [0.1, 0.15) is 40.3 Å². The largest absolute Gasteiger partial charge is 0.497 e. The lowest BCUT2D eigenvalue weighted by Crippen LogP contribution is -2.31. The normalized spacial score (nSPS) is 12.1. The van der Waals surface area contributed by atoms with Gasteiger partial charge in [0.05, 0.1) is 46.3 Å². The number of thiazole rings is 1. The zero-order chi connectivity index (χ0) is 27.1. The summed E-state index contributed by atoms with van der Waals surface area (Å²) in [6.45, 7) is 5.31. The zero-order valence-corrected chi connectivity index (χ0v) is 22.9. The number of rotatable bonds is 12. The van der Waals surface area contributed by atoms with Crippen LogP contribution in [0.4, 0.5) is 0 Å². The Kier molecular flexibility index (Phi) is 9.19. The van der Waals surface area contributed by atoms with Gasteiger partial charge in [-0.2, -0.15) is 0 Å². The summed E-state index contributed by atoms with van der Waals surface area (Å²) in [6.07, 6.45) is 0.836. The van der Waals surface area contributed by atoms with Crippen molar-refractivity contribution in [1.82, 2.24) is 9.88 Å². The van der Waals surface area contributed by atoms with Crippen molar-refractivity contribution in [2.75, 3.05) is 40.6 Å². The first-order chi connectivity index (χ1) is 18.4. The van der Waals surface area contributed by atoms with Crippen molar-refractivity contribution in [2.45, 2.75) is 33.4 Å². The SMILES string of the molecule is CCOC(=O)CN(Cc1ccc(OC)cc1OC)Cc1nc(-c2ccc3c(c2)CCO3)sc1C(=O)OCC. The first kappa shape index (κ1) is 27.4. The highest BCUT2D eigenvalue weighted by molar-refractivity contribution is 7.17. The van der Waals surface area contributed by atoms with Crippen LogP contribution < -0.4 is 14.2 Å². The Bertz CT molecular complexity index is 1290. The van der Waals surface area contributed by atoms with Crippen molar-refractivity contribution in [3.63, 3.8) is 0 Å². The van der Waals surface area contributed by atoms with Crippen molar-refractivity contribution in [3.05, 3.63) is 58.1 Å². The average Bonchev–Trinajstić information content (AvgIpc) is 3.56. The van der Waals surface area contributed by atoms with Crippen molar-refractivity contribution in [1.29, 1.82) is 0 Å². The van der Waals surface area contributed by atoms with Crippen LogP contribution in [0.5, 0.6) is 17.2 Å². The summed E-state index contributed by atoms with van der Waals surface area (Å²) in [5.41, 5.74) is 3.42. The number of esters is 2. The maximum atomic E-state index is 12.9. The second-order valence-electron chi connectivity index (χ2n) is 8.56. The molecule has 1 aliphatic heterocycles. The van der Waals surface area contributed by atoms with Crippen LogP contribution in [0, 0.1) is 0 Å². The predicted molar refractivity (Wildman–Crippen MR) is 143 cm³/mol. The Morgan fingerprint density at radius 3 is 2.58 bits per heavy atom. The lowest BCUT2D eigenvalue weighted by molar-refractivity contribution is -0.144. The van der Waals surface area contributed by atoms with Crippen LogP contribution >= 0.6 is 11.3 Å². The molecule has 0 saturated carbocycles. The molecule has 9 nitrogen and oxygen atoms in total. The summed E-state index contributed by atoms with van der Waals surface area (Å²) < 4.78 is 27.1. The van der Waals surface area contributed by atoms with Crippen LogP contribution in [0.25, 0.3) is 10.6 Å². The molecule has 0 aliphatic carbocycles. The Labute approximate surface area is 226 Å². The van der Waals surface area contributed by atoms with Crippen molar-refractivity contribution >= 4 is 23.3 Å². The quantitative estimate of drug-likeness (QED) is 0.308. The number of aromatic nitrogens is 1. The van der Waals surface area contributed by atoms with Gasteiger partial charge in [-0.25, -0.2) is 9.78 Å². The number of fused-ring (bicyclic) bond motifs is 1. The molecule has 0 saturated heterocycles. The molecule has 0 atom stereocenters. The number of nitrogens with zero attached hydrogens (tertiary/aromatic N) is 2. The van der Waals surface area contributed by atoms with E-state index in [0.29, 0.717) is 40.2 Å². The van der Waals surface area contributed by atoms with Crippen molar-refractivity contribution < 1.29 is 33.3 Å². The zero-order valence-electron chi connectivity index (χ0n) is 22.1. The number of carbonyl (C=O) groups is 2. The highest BCUT2D eigenvalue weighted by Crippen LogP contribution is 2.35. The summed E-state index contributed by atoms with van der Waals surface area (Å²) in [5.74, 6) is 1.37. The maximum absolute atomic E-state index is 12.9. The topological polar surface area (TPSA) is 96.4 Å². The number of methoxy groups -OCH3 is 2.